The van der Waals surface area contributed by atoms with Crippen molar-refractivity contribution in [1.82, 2.24) is 4.98 Å². The van der Waals surface area contributed by atoms with Crippen LogP contribution in [0.15, 0.2) is 24.5 Å². The number of fused-ring (bicyclic) bond motifs is 5. The number of pyridine rings is 1. The van der Waals surface area contributed by atoms with E-state index in [0.29, 0.717) is 5.92 Å². The van der Waals surface area contributed by atoms with Gasteiger partial charge >= 0.3 is 0 Å². The van der Waals surface area contributed by atoms with E-state index in [4.69, 9.17) is 0 Å². The molecule has 2 N–H and O–H groups in total. The molecule has 0 saturated heterocycles. The van der Waals surface area contributed by atoms with Gasteiger partial charge in [-0.1, -0.05) is 41.5 Å². The number of hydrogen-bond donors (Lipinski definition) is 2. The van der Waals surface area contributed by atoms with E-state index in [2.05, 4.69) is 58.7 Å². The van der Waals surface area contributed by atoms with Gasteiger partial charge in [0, 0.05) is 12.4 Å². The second-order valence-electron chi connectivity index (χ2n) is 13.7. The maximum absolute atomic E-state index is 11.8. The van der Waals surface area contributed by atoms with Crippen molar-refractivity contribution in [1.29, 1.82) is 0 Å². The number of nitrogens with zero attached hydrogens (tertiary/aromatic N) is 1. The summed E-state index contributed by atoms with van der Waals surface area (Å²) >= 11 is 0. The highest BCUT2D eigenvalue weighted by Crippen LogP contribution is 2.83. The van der Waals surface area contributed by atoms with E-state index in [1.165, 1.54) is 24.8 Å². The van der Waals surface area contributed by atoms with Crippen molar-refractivity contribution in [2.24, 2.45) is 38.4 Å². The van der Waals surface area contributed by atoms with Gasteiger partial charge in [-0.2, -0.15) is 0 Å². The summed E-state index contributed by atoms with van der Waals surface area (Å²) in [5, 5.41) is 22.4. The fraction of sp³-hybridized carbons (Fsp3) is 0.828. The molecule has 0 unspecified atom stereocenters. The largest absolute Gasteiger partial charge is 0.393 e. The van der Waals surface area contributed by atoms with Crippen molar-refractivity contribution in [2.45, 2.75) is 112 Å². The third-order valence-corrected chi connectivity index (χ3v) is 13.2. The van der Waals surface area contributed by atoms with Crippen LogP contribution < -0.4 is 0 Å². The molecule has 0 radical (unpaired) electrons. The van der Waals surface area contributed by atoms with Crippen LogP contribution in [-0.2, 0) is 6.42 Å². The Morgan fingerprint density at radius 3 is 2.09 bits per heavy atom. The first-order valence-corrected chi connectivity index (χ1v) is 13.1. The van der Waals surface area contributed by atoms with Gasteiger partial charge in [-0.25, -0.2) is 0 Å². The number of aromatic nitrogens is 1. The molecule has 0 spiro atoms. The summed E-state index contributed by atoms with van der Waals surface area (Å²) in [6.07, 6.45) is 13.2. The fourth-order valence-corrected chi connectivity index (χ4v) is 10.3. The standard InChI is InChI=1S/C29H45NO2/c1-24-11-13-28(5)27(4,26(24,3)10-7-22(31)19-24)14-12-25(2)23(32)21(18-29(25,28)6)17-20-8-15-30-16-9-20/h8-9,15-16,21-23,31-32H,7,10-14,17-19H2,1-6H3/t21-,22-,23-,24-,25+,26-,27+,28+,29+/m0/s1. The smallest absolute Gasteiger partial charge is 0.0630 e. The highest BCUT2D eigenvalue weighted by Gasteiger charge is 2.77. The first-order valence-electron chi connectivity index (χ1n) is 13.1. The quantitative estimate of drug-likeness (QED) is 0.579. The summed E-state index contributed by atoms with van der Waals surface area (Å²) in [4.78, 5) is 4.19. The highest BCUT2D eigenvalue weighted by atomic mass is 16.3. The molecule has 0 aromatic carbocycles. The topological polar surface area (TPSA) is 53.4 Å². The van der Waals surface area contributed by atoms with Gasteiger partial charge in [-0.15, -0.1) is 0 Å². The van der Waals surface area contributed by atoms with E-state index >= 15 is 0 Å². The SMILES string of the molecule is C[C@@]12CC[C@]3(C)[C@](C)(CC[C@]4(C)[C@@H](O)[C@@H](Cc5ccncc5)C[C@@]34C)[C@@]1(C)CC[C@H](O)C2. The van der Waals surface area contributed by atoms with Gasteiger partial charge in [-0.3, -0.25) is 4.98 Å². The summed E-state index contributed by atoms with van der Waals surface area (Å²) in [6, 6.07) is 4.23. The second kappa shape index (κ2) is 6.81. The number of aliphatic hydroxyl groups excluding tert-OH is 2. The molecule has 0 amide bonds. The lowest BCUT2D eigenvalue weighted by atomic mass is 9.27. The third-order valence-electron chi connectivity index (χ3n) is 13.2. The molecule has 4 aliphatic carbocycles. The van der Waals surface area contributed by atoms with E-state index in [1.54, 1.807) is 0 Å². The average molecular weight is 440 g/mol. The molecule has 5 rings (SSSR count). The molecule has 4 aliphatic rings. The molecule has 4 saturated carbocycles. The molecule has 1 aromatic rings. The average Bonchev–Trinajstić information content (AvgIpc) is 2.95. The van der Waals surface area contributed by atoms with Gasteiger partial charge in [-0.05, 0) is 114 Å². The number of rotatable bonds is 2. The molecule has 4 fully saturated rings. The lowest BCUT2D eigenvalue weighted by Gasteiger charge is -2.77. The Morgan fingerprint density at radius 1 is 0.781 bits per heavy atom. The predicted molar refractivity (Wildman–Crippen MR) is 129 cm³/mol. The first kappa shape index (κ1) is 22.8. The van der Waals surface area contributed by atoms with E-state index in [1.807, 2.05) is 12.4 Å². The maximum atomic E-state index is 11.8. The molecule has 3 heteroatoms. The Balaban J connectivity index is 1.56. The zero-order chi connectivity index (χ0) is 23.2. The molecule has 0 bridgehead atoms. The highest BCUT2D eigenvalue weighted by molar-refractivity contribution is 5.27. The van der Waals surface area contributed by atoms with E-state index in [9.17, 15) is 10.2 Å². The van der Waals surface area contributed by atoms with Gasteiger partial charge < -0.3 is 10.2 Å². The van der Waals surface area contributed by atoms with Crippen LogP contribution in [0.5, 0.6) is 0 Å². The van der Waals surface area contributed by atoms with Crippen LogP contribution in [0.4, 0.5) is 0 Å². The monoisotopic (exact) mass is 439 g/mol. The zero-order valence-electron chi connectivity index (χ0n) is 21.2. The van der Waals surface area contributed by atoms with Crippen LogP contribution in [0.2, 0.25) is 0 Å². The van der Waals surface area contributed by atoms with Gasteiger partial charge in [0.25, 0.3) is 0 Å². The summed E-state index contributed by atoms with van der Waals surface area (Å²) in [6.45, 7) is 15.2. The molecule has 1 aromatic heterocycles. The van der Waals surface area contributed by atoms with E-state index in [0.717, 1.165) is 38.5 Å². The minimum absolute atomic E-state index is 0.0444. The van der Waals surface area contributed by atoms with Crippen LogP contribution in [0.25, 0.3) is 0 Å². The Hall–Kier alpha value is -0.930. The van der Waals surface area contributed by atoms with Crippen molar-refractivity contribution in [2.75, 3.05) is 0 Å². The van der Waals surface area contributed by atoms with Gasteiger partial charge in [0.2, 0.25) is 0 Å². The second-order valence-corrected chi connectivity index (χ2v) is 13.7. The summed E-state index contributed by atoms with van der Waals surface area (Å²) in [5.74, 6) is 0.306. The zero-order valence-corrected chi connectivity index (χ0v) is 21.2. The minimum atomic E-state index is -0.253. The molecule has 0 aliphatic heterocycles. The number of aliphatic hydroxyl groups is 2. The van der Waals surface area contributed by atoms with Crippen LogP contribution in [-0.4, -0.2) is 27.4 Å². The first-order chi connectivity index (χ1) is 14.9. The Morgan fingerprint density at radius 2 is 1.41 bits per heavy atom. The molecule has 3 nitrogen and oxygen atoms in total. The van der Waals surface area contributed by atoms with Gasteiger partial charge in [0.05, 0.1) is 12.2 Å². The third kappa shape index (κ3) is 2.48. The fourth-order valence-electron chi connectivity index (χ4n) is 10.3. The van der Waals surface area contributed by atoms with Crippen molar-refractivity contribution in [3.63, 3.8) is 0 Å². The van der Waals surface area contributed by atoms with Gasteiger partial charge in [0.15, 0.2) is 0 Å². The minimum Gasteiger partial charge on any atom is -0.393 e. The maximum Gasteiger partial charge on any atom is 0.0630 e. The predicted octanol–water partition coefficient (Wildman–Crippen LogP) is 6.18. The Labute approximate surface area is 195 Å². The molecular weight excluding hydrogens is 394 g/mol. The van der Waals surface area contributed by atoms with Crippen LogP contribution >= 0.6 is 0 Å². The van der Waals surface area contributed by atoms with Crippen molar-refractivity contribution in [3.05, 3.63) is 30.1 Å². The van der Waals surface area contributed by atoms with Crippen molar-refractivity contribution in [3.8, 4) is 0 Å². The summed E-state index contributed by atoms with van der Waals surface area (Å²) in [5.41, 5.74) is 2.18. The molecule has 32 heavy (non-hydrogen) atoms. The summed E-state index contributed by atoms with van der Waals surface area (Å²) < 4.78 is 0. The Bertz CT molecular complexity index is 888. The van der Waals surface area contributed by atoms with Gasteiger partial charge in [0.1, 0.15) is 0 Å². The van der Waals surface area contributed by atoms with E-state index < -0.39 is 0 Å². The summed E-state index contributed by atoms with van der Waals surface area (Å²) in [7, 11) is 0. The van der Waals surface area contributed by atoms with Crippen LogP contribution in [0.3, 0.4) is 0 Å². The van der Waals surface area contributed by atoms with Crippen LogP contribution in [0.1, 0.15) is 98.5 Å². The van der Waals surface area contributed by atoms with Crippen LogP contribution in [0, 0.1) is 38.4 Å². The molecule has 9 atom stereocenters. The normalized spacial score (nSPS) is 55.1. The van der Waals surface area contributed by atoms with Crippen molar-refractivity contribution < 1.29 is 10.2 Å². The molecular formula is C29H45NO2. The van der Waals surface area contributed by atoms with E-state index in [-0.39, 0.29) is 44.7 Å². The lowest BCUT2D eigenvalue weighted by molar-refractivity contribution is -0.292. The molecule has 1 heterocycles. The lowest BCUT2D eigenvalue weighted by Crippen LogP contribution is -2.70. The number of hydrogen-bond acceptors (Lipinski definition) is 3. The van der Waals surface area contributed by atoms with Crippen molar-refractivity contribution >= 4 is 0 Å². The Kier molecular flexibility index (Phi) is 4.86. The molecule has 178 valence electrons.